The molecule has 4 nitrogen and oxygen atoms in total. The van der Waals surface area contributed by atoms with Gasteiger partial charge in [-0.2, -0.15) is 5.10 Å². The van der Waals surface area contributed by atoms with Gasteiger partial charge < -0.3 is 5.73 Å². The second-order valence-electron chi connectivity index (χ2n) is 5.25. The van der Waals surface area contributed by atoms with E-state index in [1.54, 1.807) is 0 Å². The number of nitrogens with two attached hydrogens (primary N) is 1. The number of nitrogens with zero attached hydrogens (tertiary/aromatic N) is 3. The van der Waals surface area contributed by atoms with Gasteiger partial charge in [0.15, 0.2) is 0 Å². The maximum absolute atomic E-state index is 5.93. The number of nitrogen functional groups attached to an aromatic ring is 1. The summed E-state index contributed by atoms with van der Waals surface area (Å²) < 4.78 is 1.96. The number of rotatable bonds is 3. The average molecular weight is 242 g/mol. The summed E-state index contributed by atoms with van der Waals surface area (Å²) >= 11 is 0. The van der Waals surface area contributed by atoms with Crippen LogP contribution in [0.25, 0.3) is 11.3 Å². The Morgan fingerprint density at radius 3 is 2.78 bits per heavy atom. The summed E-state index contributed by atoms with van der Waals surface area (Å²) in [6.07, 6.45) is 6.28. The molecule has 1 aliphatic carbocycles. The van der Waals surface area contributed by atoms with Crippen LogP contribution in [-0.2, 0) is 0 Å². The highest BCUT2D eigenvalue weighted by molar-refractivity contribution is 5.62. The second-order valence-corrected chi connectivity index (χ2v) is 5.25. The molecular formula is C14H18N4. The molecule has 0 bridgehead atoms. The Balaban J connectivity index is 1.97. The van der Waals surface area contributed by atoms with Crippen molar-refractivity contribution in [3.05, 3.63) is 30.1 Å². The molecule has 18 heavy (non-hydrogen) atoms. The summed E-state index contributed by atoms with van der Waals surface area (Å²) in [7, 11) is 0. The second kappa shape index (κ2) is 4.12. The average Bonchev–Trinajstić information content (AvgIpc) is 3.06. The highest BCUT2D eigenvalue weighted by Gasteiger charge is 2.26. The van der Waals surface area contributed by atoms with E-state index in [9.17, 15) is 0 Å². The van der Waals surface area contributed by atoms with Crippen LogP contribution in [-0.4, -0.2) is 14.8 Å². The quantitative estimate of drug-likeness (QED) is 0.900. The molecule has 0 unspecified atom stereocenters. The van der Waals surface area contributed by atoms with Gasteiger partial charge >= 0.3 is 0 Å². The van der Waals surface area contributed by atoms with Gasteiger partial charge in [0.05, 0.1) is 5.69 Å². The molecule has 94 valence electrons. The van der Waals surface area contributed by atoms with E-state index >= 15 is 0 Å². The number of hydrogen-bond donors (Lipinski definition) is 1. The minimum absolute atomic E-state index is 0.378. The summed E-state index contributed by atoms with van der Waals surface area (Å²) in [6.45, 7) is 4.24. The highest BCUT2D eigenvalue weighted by Crippen LogP contribution is 2.43. The number of hydrogen-bond acceptors (Lipinski definition) is 3. The molecule has 0 aliphatic heterocycles. The molecule has 2 heterocycles. The van der Waals surface area contributed by atoms with Crippen LogP contribution < -0.4 is 5.73 Å². The van der Waals surface area contributed by atoms with Crippen LogP contribution in [0.15, 0.2) is 24.5 Å². The van der Waals surface area contributed by atoms with Crippen molar-refractivity contribution in [2.24, 2.45) is 0 Å². The Morgan fingerprint density at radius 2 is 2.17 bits per heavy atom. The Hall–Kier alpha value is -1.84. The molecule has 0 saturated heterocycles. The fraction of sp³-hybridized carbons (Fsp3) is 0.429. The van der Waals surface area contributed by atoms with Crippen LogP contribution in [0.3, 0.4) is 0 Å². The van der Waals surface area contributed by atoms with Crippen molar-refractivity contribution in [2.75, 3.05) is 5.73 Å². The molecule has 2 aromatic heterocycles. The molecule has 0 aromatic carbocycles. The lowest BCUT2D eigenvalue weighted by Crippen LogP contribution is -2.01. The van der Waals surface area contributed by atoms with Crippen LogP contribution in [0.4, 0.5) is 5.82 Å². The predicted octanol–water partition coefficient (Wildman–Crippen LogP) is 2.99. The van der Waals surface area contributed by atoms with Crippen molar-refractivity contribution < 1.29 is 0 Å². The summed E-state index contributed by atoms with van der Waals surface area (Å²) in [4.78, 5) is 4.30. The topological polar surface area (TPSA) is 56.7 Å². The monoisotopic (exact) mass is 242 g/mol. The van der Waals surface area contributed by atoms with Crippen molar-refractivity contribution in [1.82, 2.24) is 14.8 Å². The fourth-order valence-electron chi connectivity index (χ4n) is 2.13. The van der Waals surface area contributed by atoms with Crippen molar-refractivity contribution >= 4 is 5.82 Å². The summed E-state index contributed by atoms with van der Waals surface area (Å²) in [6, 6.07) is 4.56. The standard InChI is InChI=1S/C14H18N4/c1-9(2)18-6-5-13(17-18)11-7-12(10-3-4-10)14(15)16-8-11/h5-10H,3-4H2,1-2H3,(H2,15,16). The largest absolute Gasteiger partial charge is 0.383 e. The van der Waals surface area contributed by atoms with E-state index in [1.165, 1.54) is 18.4 Å². The van der Waals surface area contributed by atoms with E-state index in [4.69, 9.17) is 5.73 Å². The van der Waals surface area contributed by atoms with Gasteiger partial charge in [-0.3, -0.25) is 4.68 Å². The van der Waals surface area contributed by atoms with Gasteiger partial charge in [-0.1, -0.05) is 0 Å². The third-order valence-electron chi connectivity index (χ3n) is 3.40. The van der Waals surface area contributed by atoms with E-state index < -0.39 is 0 Å². The zero-order valence-corrected chi connectivity index (χ0v) is 10.8. The van der Waals surface area contributed by atoms with Crippen LogP contribution >= 0.6 is 0 Å². The molecule has 0 amide bonds. The van der Waals surface area contributed by atoms with Crippen LogP contribution in [0.1, 0.15) is 44.2 Å². The molecule has 3 rings (SSSR count). The molecule has 2 N–H and O–H groups in total. The van der Waals surface area contributed by atoms with Crippen LogP contribution in [0.2, 0.25) is 0 Å². The Bertz CT molecular complexity index is 567. The van der Waals surface area contributed by atoms with Gasteiger partial charge in [0, 0.05) is 24.0 Å². The minimum Gasteiger partial charge on any atom is -0.383 e. The lowest BCUT2D eigenvalue weighted by molar-refractivity contribution is 0.534. The number of aromatic nitrogens is 3. The van der Waals surface area contributed by atoms with Crippen LogP contribution in [0.5, 0.6) is 0 Å². The first-order valence-electron chi connectivity index (χ1n) is 6.46. The molecule has 0 atom stereocenters. The third kappa shape index (κ3) is 1.98. The highest BCUT2D eigenvalue weighted by atomic mass is 15.3. The van der Waals surface area contributed by atoms with Gasteiger partial charge in [0.1, 0.15) is 5.82 Å². The van der Waals surface area contributed by atoms with Crippen molar-refractivity contribution in [3.8, 4) is 11.3 Å². The molecule has 1 saturated carbocycles. The maximum Gasteiger partial charge on any atom is 0.126 e. The molecule has 2 aromatic rings. The van der Waals surface area contributed by atoms with Gasteiger partial charge in [-0.05, 0) is 50.3 Å². The van der Waals surface area contributed by atoms with Crippen molar-refractivity contribution in [3.63, 3.8) is 0 Å². The first-order chi connectivity index (χ1) is 8.65. The molecule has 4 heteroatoms. The minimum atomic E-state index is 0.378. The van der Waals surface area contributed by atoms with E-state index in [-0.39, 0.29) is 0 Å². The number of pyridine rings is 1. The molecular weight excluding hydrogens is 224 g/mol. The first-order valence-corrected chi connectivity index (χ1v) is 6.46. The Labute approximate surface area is 107 Å². The van der Waals surface area contributed by atoms with E-state index in [1.807, 2.05) is 23.1 Å². The summed E-state index contributed by atoms with van der Waals surface area (Å²) in [5.41, 5.74) is 9.14. The van der Waals surface area contributed by atoms with E-state index in [0.29, 0.717) is 17.8 Å². The third-order valence-corrected chi connectivity index (χ3v) is 3.40. The SMILES string of the molecule is CC(C)n1ccc(-c2cnc(N)c(C3CC3)c2)n1. The van der Waals surface area contributed by atoms with Gasteiger partial charge in [-0.15, -0.1) is 0 Å². The van der Waals surface area contributed by atoms with Gasteiger partial charge in [0.25, 0.3) is 0 Å². The lowest BCUT2D eigenvalue weighted by atomic mass is 10.1. The molecule has 0 spiro atoms. The molecule has 1 fully saturated rings. The Kier molecular flexibility index (Phi) is 2.58. The summed E-state index contributed by atoms with van der Waals surface area (Å²) in [5.74, 6) is 1.29. The zero-order valence-electron chi connectivity index (χ0n) is 10.8. The van der Waals surface area contributed by atoms with Gasteiger partial charge in [-0.25, -0.2) is 4.98 Å². The van der Waals surface area contributed by atoms with Crippen LogP contribution in [0, 0.1) is 0 Å². The van der Waals surface area contributed by atoms with Crippen molar-refractivity contribution in [1.29, 1.82) is 0 Å². The lowest BCUT2D eigenvalue weighted by Gasteiger charge is -2.06. The predicted molar refractivity (Wildman–Crippen MR) is 72.2 cm³/mol. The maximum atomic E-state index is 5.93. The Morgan fingerprint density at radius 1 is 1.39 bits per heavy atom. The smallest absolute Gasteiger partial charge is 0.126 e. The molecule has 1 aliphatic rings. The van der Waals surface area contributed by atoms with Crippen molar-refractivity contribution in [2.45, 2.75) is 38.6 Å². The zero-order chi connectivity index (χ0) is 12.7. The summed E-state index contributed by atoms with van der Waals surface area (Å²) in [5, 5.41) is 4.57. The molecule has 0 radical (unpaired) electrons. The van der Waals surface area contributed by atoms with E-state index in [2.05, 4.69) is 30.0 Å². The fourth-order valence-corrected chi connectivity index (χ4v) is 2.13. The van der Waals surface area contributed by atoms with E-state index in [0.717, 1.165) is 11.3 Å². The number of anilines is 1. The first kappa shape index (κ1) is 11.3. The normalized spacial score (nSPS) is 15.3. The van der Waals surface area contributed by atoms with Gasteiger partial charge in [0.2, 0.25) is 0 Å².